The zero-order valence-electron chi connectivity index (χ0n) is 15.9. The van der Waals surface area contributed by atoms with Crippen molar-refractivity contribution in [1.29, 1.82) is 0 Å². The molecule has 2 aromatic rings. The first-order valence-electron chi connectivity index (χ1n) is 8.69. The number of rotatable bonds is 6. The van der Waals surface area contributed by atoms with Crippen LogP contribution in [0.5, 0.6) is 0 Å². The average Bonchev–Trinajstić information content (AvgIpc) is 2.66. The Morgan fingerprint density at radius 2 is 1.39 bits per heavy atom. The molecule has 0 aliphatic carbocycles. The van der Waals surface area contributed by atoms with E-state index in [2.05, 4.69) is 5.32 Å². The molecule has 2 aromatic carbocycles. The van der Waals surface area contributed by atoms with Crippen molar-refractivity contribution in [2.24, 2.45) is 0 Å². The van der Waals surface area contributed by atoms with Gasteiger partial charge in [-0.2, -0.15) is 26.3 Å². The molecule has 0 aliphatic rings. The number of nitrogens with one attached hydrogen (secondary N) is 1. The third kappa shape index (κ3) is 5.18. The van der Waals surface area contributed by atoms with E-state index >= 15 is 0 Å². The SMILES string of the molecule is CCS(=O)(=O)c1ccc(CC(=O)Nc2ccc(C(O)(C(F)(F)F)C(F)(F)F)cc2)cc1. The summed E-state index contributed by atoms with van der Waals surface area (Å²) in [5.74, 6) is -0.735. The Balaban J connectivity index is 2.14. The molecule has 31 heavy (non-hydrogen) atoms. The Morgan fingerprint density at radius 1 is 0.903 bits per heavy atom. The number of benzene rings is 2. The van der Waals surface area contributed by atoms with Crippen molar-refractivity contribution >= 4 is 21.4 Å². The van der Waals surface area contributed by atoms with Gasteiger partial charge in [0.05, 0.1) is 17.1 Å². The summed E-state index contributed by atoms with van der Waals surface area (Å²) in [6, 6.07) is 7.91. The van der Waals surface area contributed by atoms with Crippen LogP contribution in [-0.4, -0.2) is 37.5 Å². The van der Waals surface area contributed by atoms with Crippen LogP contribution in [0.2, 0.25) is 0 Å². The molecule has 0 heterocycles. The molecule has 2 rings (SSSR count). The standard InChI is InChI=1S/C19H17F6NO4S/c1-2-31(29,30)15-9-3-12(4-10-15)11-16(27)26-14-7-5-13(6-8-14)17(28,18(20,21)22)19(23,24)25/h3-10,28H,2,11H2,1H3,(H,26,27). The second kappa shape index (κ2) is 8.50. The molecule has 0 saturated carbocycles. The van der Waals surface area contributed by atoms with Gasteiger partial charge in [-0.3, -0.25) is 4.79 Å². The smallest absolute Gasteiger partial charge is 0.369 e. The maximum atomic E-state index is 12.9. The van der Waals surface area contributed by atoms with Crippen LogP contribution in [0.25, 0.3) is 0 Å². The summed E-state index contributed by atoms with van der Waals surface area (Å²) >= 11 is 0. The third-order valence-electron chi connectivity index (χ3n) is 4.43. The molecule has 170 valence electrons. The molecule has 12 heteroatoms. The number of halogens is 6. The first-order chi connectivity index (χ1) is 14.1. The number of carbonyl (C=O) groups excluding carboxylic acids is 1. The van der Waals surface area contributed by atoms with Gasteiger partial charge in [0.25, 0.3) is 5.60 Å². The van der Waals surface area contributed by atoms with Crippen LogP contribution in [0.3, 0.4) is 0 Å². The highest BCUT2D eigenvalue weighted by Gasteiger charge is 2.71. The number of hydrogen-bond acceptors (Lipinski definition) is 4. The normalized spacial score (nSPS) is 13.2. The minimum Gasteiger partial charge on any atom is -0.369 e. The fraction of sp³-hybridized carbons (Fsp3) is 0.316. The summed E-state index contributed by atoms with van der Waals surface area (Å²) in [5, 5.41) is 11.6. The maximum Gasteiger partial charge on any atom is 0.430 e. The van der Waals surface area contributed by atoms with E-state index in [4.69, 9.17) is 0 Å². The molecule has 0 saturated heterocycles. The van der Waals surface area contributed by atoms with Gasteiger partial charge < -0.3 is 10.4 Å². The van der Waals surface area contributed by atoms with E-state index in [9.17, 15) is 44.7 Å². The monoisotopic (exact) mass is 469 g/mol. The minimum atomic E-state index is -6.01. The molecule has 0 spiro atoms. The van der Waals surface area contributed by atoms with E-state index in [-0.39, 0.29) is 22.8 Å². The van der Waals surface area contributed by atoms with Crippen molar-refractivity contribution in [1.82, 2.24) is 0 Å². The van der Waals surface area contributed by atoms with Crippen molar-refractivity contribution < 1.29 is 44.7 Å². The summed E-state index contributed by atoms with van der Waals surface area (Å²) in [6.45, 7) is 1.48. The van der Waals surface area contributed by atoms with Crippen LogP contribution in [0, 0.1) is 0 Å². The Kier molecular flexibility index (Phi) is 6.76. The number of hydrogen-bond donors (Lipinski definition) is 2. The van der Waals surface area contributed by atoms with E-state index in [1.807, 2.05) is 0 Å². The van der Waals surface area contributed by atoms with Crippen LogP contribution < -0.4 is 5.32 Å². The topological polar surface area (TPSA) is 83.5 Å². The predicted molar refractivity (Wildman–Crippen MR) is 99.0 cm³/mol. The molecule has 0 atom stereocenters. The molecule has 0 aliphatic heterocycles. The molecular weight excluding hydrogens is 452 g/mol. The van der Waals surface area contributed by atoms with E-state index in [1.54, 1.807) is 0 Å². The van der Waals surface area contributed by atoms with E-state index in [0.717, 1.165) is 12.1 Å². The van der Waals surface area contributed by atoms with Gasteiger partial charge in [-0.25, -0.2) is 8.42 Å². The lowest BCUT2D eigenvalue weighted by atomic mass is 9.92. The molecule has 0 bridgehead atoms. The molecule has 0 aromatic heterocycles. The van der Waals surface area contributed by atoms with Crippen LogP contribution in [0.4, 0.5) is 32.0 Å². The van der Waals surface area contributed by atoms with Gasteiger partial charge >= 0.3 is 12.4 Å². The van der Waals surface area contributed by atoms with Gasteiger partial charge in [0.15, 0.2) is 9.84 Å². The Bertz CT molecular complexity index is 1020. The van der Waals surface area contributed by atoms with Crippen molar-refractivity contribution in [3.8, 4) is 0 Å². The largest absolute Gasteiger partial charge is 0.430 e. The summed E-state index contributed by atoms with van der Waals surface area (Å²) in [4.78, 5) is 12.2. The Hall–Kier alpha value is -2.60. The number of amides is 1. The average molecular weight is 469 g/mol. The molecule has 1 amide bonds. The van der Waals surface area contributed by atoms with Crippen LogP contribution in [0.15, 0.2) is 53.4 Å². The third-order valence-corrected chi connectivity index (χ3v) is 6.18. The molecule has 0 radical (unpaired) electrons. The molecule has 2 N–H and O–H groups in total. The molecule has 5 nitrogen and oxygen atoms in total. The Morgan fingerprint density at radius 3 is 1.81 bits per heavy atom. The first-order valence-corrected chi connectivity index (χ1v) is 10.3. The number of sulfone groups is 1. The van der Waals surface area contributed by atoms with E-state index in [1.165, 1.54) is 31.2 Å². The lowest BCUT2D eigenvalue weighted by molar-refractivity contribution is -0.376. The van der Waals surface area contributed by atoms with Gasteiger partial charge in [0.1, 0.15) is 0 Å². The number of aliphatic hydroxyl groups is 1. The van der Waals surface area contributed by atoms with Crippen LogP contribution >= 0.6 is 0 Å². The van der Waals surface area contributed by atoms with Gasteiger partial charge in [-0.1, -0.05) is 31.2 Å². The molecular formula is C19H17F6NO4S. The Labute approximate surface area is 173 Å². The van der Waals surface area contributed by atoms with Crippen LogP contribution in [-0.2, 0) is 26.7 Å². The second-order valence-corrected chi connectivity index (χ2v) is 8.83. The number of carbonyl (C=O) groups is 1. The lowest BCUT2D eigenvalue weighted by Crippen LogP contribution is -2.53. The summed E-state index contributed by atoms with van der Waals surface area (Å²) < 4.78 is 101. The zero-order valence-corrected chi connectivity index (χ0v) is 16.7. The minimum absolute atomic E-state index is 0.0802. The van der Waals surface area contributed by atoms with Crippen molar-refractivity contribution in [2.75, 3.05) is 11.1 Å². The second-order valence-electron chi connectivity index (χ2n) is 6.56. The van der Waals surface area contributed by atoms with Crippen molar-refractivity contribution in [3.05, 3.63) is 59.7 Å². The highest BCUT2D eigenvalue weighted by atomic mass is 32.2. The van der Waals surface area contributed by atoms with Gasteiger partial charge in [-0.05, 0) is 29.8 Å². The maximum absolute atomic E-state index is 12.9. The fourth-order valence-electron chi connectivity index (χ4n) is 2.65. The first kappa shape index (κ1) is 24.7. The quantitative estimate of drug-likeness (QED) is 0.628. The highest BCUT2D eigenvalue weighted by molar-refractivity contribution is 7.91. The predicted octanol–water partition coefficient (Wildman–Crippen LogP) is 3.97. The summed E-state index contributed by atoms with van der Waals surface area (Å²) in [6.07, 6.45) is -12.2. The highest BCUT2D eigenvalue weighted by Crippen LogP contribution is 2.50. The van der Waals surface area contributed by atoms with Gasteiger partial charge in [0, 0.05) is 11.3 Å². The summed E-state index contributed by atoms with van der Waals surface area (Å²) in [7, 11) is -3.41. The fourth-order valence-corrected chi connectivity index (χ4v) is 3.54. The van der Waals surface area contributed by atoms with Gasteiger partial charge in [0.2, 0.25) is 5.91 Å². The van der Waals surface area contributed by atoms with Crippen LogP contribution in [0.1, 0.15) is 18.1 Å². The van der Waals surface area contributed by atoms with E-state index in [0.29, 0.717) is 17.7 Å². The summed E-state index contributed by atoms with van der Waals surface area (Å²) in [5.41, 5.74) is -6.15. The number of alkyl halides is 6. The number of anilines is 1. The van der Waals surface area contributed by atoms with Gasteiger partial charge in [-0.15, -0.1) is 0 Å². The molecule has 0 fully saturated rings. The van der Waals surface area contributed by atoms with E-state index < -0.39 is 39.3 Å². The lowest BCUT2D eigenvalue weighted by Gasteiger charge is -2.32. The zero-order chi connectivity index (χ0) is 23.7. The molecule has 0 unspecified atom stereocenters. The van der Waals surface area contributed by atoms with Crippen molar-refractivity contribution in [2.45, 2.75) is 36.2 Å². The van der Waals surface area contributed by atoms with Crippen molar-refractivity contribution in [3.63, 3.8) is 0 Å².